The van der Waals surface area contributed by atoms with Crippen LogP contribution in [0.2, 0.25) is 0 Å². The van der Waals surface area contributed by atoms with Gasteiger partial charge in [0.1, 0.15) is 0 Å². The molecule has 0 heterocycles. The van der Waals surface area contributed by atoms with Crippen LogP contribution in [0, 0.1) is 0 Å². The Balaban J connectivity index is 2.74. The summed E-state index contributed by atoms with van der Waals surface area (Å²) in [5, 5.41) is 1.46. The third-order valence-electron chi connectivity index (χ3n) is 4.80. The maximum atomic E-state index is 3.53. The molecule has 0 fully saturated rings. The van der Waals surface area contributed by atoms with E-state index in [4.69, 9.17) is 0 Å². The average Bonchev–Trinajstić information content (AvgIpc) is 2.51. The van der Waals surface area contributed by atoms with E-state index in [9.17, 15) is 0 Å². The second-order valence-corrected chi connectivity index (χ2v) is 12.4. The fourth-order valence-electron chi connectivity index (χ4n) is 3.04. The molecule has 0 spiro atoms. The highest BCUT2D eigenvalue weighted by molar-refractivity contribution is 9.10. The molecule has 0 saturated carbocycles. The number of halogens is 1. The van der Waals surface area contributed by atoms with E-state index in [-0.39, 0.29) is 16.2 Å². The standard InChI is InChI=1S/C25H34BrP/c1-23(2,3)18-14-20(24(4,5)6)22(21(15-18)25(7,8)9)27-16-17-10-12-19(26)13-11-17/h10-16H,1-9H3. The summed E-state index contributed by atoms with van der Waals surface area (Å²) in [4.78, 5) is 0. The average molecular weight is 445 g/mol. The first-order valence-electron chi connectivity index (χ1n) is 9.69. The zero-order valence-electron chi connectivity index (χ0n) is 18.4. The lowest BCUT2D eigenvalue weighted by atomic mass is 9.75. The number of rotatable bonds is 2. The van der Waals surface area contributed by atoms with Crippen molar-refractivity contribution in [3.63, 3.8) is 0 Å². The zero-order valence-corrected chi connectivity index (χ0v) is 20.8. The molecule has 0 N–H and O–H groups in total. The van der Waals surface area contributed by atoms with E-state index in [1.165, 1.54) is 35.8 Å². The third kappa shape index (κ3) is 5.78. The van der Waals surface area contributed by atoms with Crippen LogP contribution in [0.15, 0.2) is 40.9 Å². The fraction of sp³-hybridized carbons (Fsp3) is 0.480. The highest BCUT2D eigenvalue weighted by Crippen LogP contribution is 2.35. The zero-order chi connectivity index (χ0) is 20.6. The molecule has 2 rings (SSSR count). The van der Waals surface area contributed by atoms with Crippen LogP contribution in [0.5, 0.6) is 0 Å². The van der Waals surface area contributed by atoms with E-state index in [2.05, 4.69) is 120 Å². The summed E-state index contributed by atoms with van der Waals surface area (Å²) < 4.78 is 1.12. The van der Waals surface area contributed by atoms with Crippen molar-refractivity contribution < 1.29 is 0 Å². The van der Waals surface area contributed by atoms with Crippen molar-refractivity contribution in [2.45, 2.75) is 78.6 Å². The van der Waals surface area contributed by atoms with Crippen LogP contribution in [0.25, 0.3) is 0 Å². The maximum Gasteiger partial charge on any atom is 0.0175 e. The van der Waals surface area contributed by atoms with Crippen LogP contribution in [-0.2, 0) is 16.2 Å². The highest BCUT2D eigenvalue weighted by Gasteiger charge is 2.28. The minimum Gasteiger partial charge on any atom is -0.0672 e. The number of hydrogen-bond donors (Lipinski definition) is 0. The normalized spacial score (nSPS) is 13.4. The molecular weight excluding hydrogens is 411 g/mol. The first-order valence-corrected chi connectivity index (χ1v) is 11.4. The molecule has 146 valence electrons. The molecule has 2 aromatic carbocycles. The predicted molar refractivity (Wildman–Crippen MR) is 128 cm³/mol. The Labute approximate surface area is 176 Å². The van der Waals surface area contributed by atoms with Crippen molar-refractivity contribution in [2.24, 2.45) is 0 Å². The Kier molecular flexibility index (Phi) is 6.50. The van der Waals surface area contributed by atoms with Crippen LogP contribution in [-0.4, -0.2) is 5.80 Å². The Morgan fingerprint density at radius 2 is 1.15 bits per heavy atom. The third-order valence-corrected chi connectivity index (χ3v) is 6.50. The van der Waals surface area contributed by atoms with Crippen molar-refractivity contribution in [1.82, 2.24) is 0 Å². The van der Waals surface area contributed by atoms with E-state index >= 15 is 0 Å². The van der Waals surface area contributed by atoms with Gasteiger partial charge >= 0.3 is 0 Å². The summed E-state index contributed by atoms with van der Waals surface area (Å²) in [6.07, 6.45) is 0. The van der Waals surface area contributed by atoms with E-state index in [0.717, 1.165) is 4.47 Å². The Morgan fingerprint density at radius 1 is 0.704 bits per heavy atom. The molecule has 0 bridgehead atoms. The van der Waals surface area contributed by atoms with Gasteiger partial charge in [-0.2, -0.15) is 0 Å². The second kappa shape index (κ2) is 7.84. The Bertz CT molecular complexity index is 788. The van der Waals surface area contributed by atoms with Crippen LogP contribution >= 0.6 is 24.1 Å². The first kappa shape index (κ1) is 22.4. The molecule has 0 aromatic heterocycles. The van der Waals surface area contributed by atoms with Gasteiger partial charge in [0.15, 0.2) is 0 Å². The highest BCUT2D eigenvalue weighted by atomic mass is 79.9. The van der Waals surface area contributed by atoms with Gasteiger partial charge in [-0.3, -0.25) is 0 Å². The lowest BCUT2D eigenvalue weighted by Crippen LogP contribution is -2.29. The summed E-state index contributed by atoms with van der Waals surface area (Å²) in [5.41, 5.74) is 5.99. The summed E-state index contributed by atoms with van der Waals surface area (Å²) in [7, 11) is 1.26. The van der Waals surface area contributed by atoms with E-state index < -0.39 is 0 Å². The molecule has 0 unspecified atom stereocenters. The smallest absolute Gasteiger partial charge is 0.0175 e. The van der Waals surface area contributed by atoms with Crippen molar-refractivity contribution in [2.75, 3.05) is 0 Å². The van der Waals surface area contributed by atoms with Gasteiger partial charge in [0.25, 0.3) is 0 Å². The van der Waals surface area contributed by atoms with Crippen molar-refractivity contribution in [1.29, 1.82) is 0 Å². The molecule has 0 saturated heterocycles. The molecule has 0 radical (unpaired) electrons. The van der Waals surface area contributed by atoms with Gasteiger partial charge in [0, 0.05) is 9.78 Å². The van der Waals surface area contributed by atoms with Gasteiger partial charge < -0.3 is 0 Å². The van der Waals surface area contributed by atoms with Gasteiger partial charge in [-0.05, 0) is 56.4 Å². The number of hydrogen-bond acceptors (Lipinski definition) is 0. The molecule has 0 amide bonds. The SMILES string of the molecule is CC(C)(C)c1cc(C(C)(C)C)c(P=Cc2ccc(Br)cc2)c(C(C)(C)C)c1. The molecule has 2 heteroatoms. The molecule has 0 nitrogen and oxygen atoms in total. The quantitative estimate of drug-likeness (QED) is 0.415. The second-order valence-electron chi connectivity index (χ2n) is 10.5. The topological polar surface area (TPSA) is 0 Å². The van der Waals surface area contributed by atoms with Crippen LogP contribution in [0.4, 0.5) is 0 Å². The molecule has 0 aliphatic rings. The Hall–Kier alpha value is -0.910. The number of benzene rings is 2. The van der Waals surface area contributed by atoms with Gasteiger partial charge in [-0.25, -0.2) is 0 Å². The lowest BCUT2D eigenvalue weighted by molar-refractivity contribution is 0.554. The molecule has 0 aliphatic carbocycles. The minimum absolute atomic E-state index is 0.108. The van der Waals surface area contributed by atoms with Gasteiger partial charge in [0.05, 0.1) is 0 Å². The molecular formula is C25H34BrP. The molecule has 2 aromatic rings. The monoisotopic (exact) mass is 444 g/mol. The summed E-state index contributed by atoms with van der Waals surface area (Å²) >= 11 is 3.53. The maximum absolute atomic E-state index is 3.53. The molecule has 0 aliphatic heterocycles. The van der Waals surface area contributed by atoms with Crippen LogP contribution in [0.1, 0.15) is 84.6 Å². The summed E-state index contributed by atoms with van der Waals surface area (Å²) in [6.45, 7) is 20.9. The molecule has 27 heavy (non-hydrogen) atoms. The van der Waals surface area contributed by atoms with E-state index in [1.807, 2.05) is 0 Å². The fourth-order valence-corrected chi connectivity index (χ4v) is 4.83. The largest absolute Gasteiger partial charge is 0.0672 e. The van der Waals surface area contributed by atoms with Crippen LogP contribution < -0.4 is 5.30 Å². The van der Waals surface area contributed by atoms with Gasteiger partial charge in [0.2, 0.25) is 0 Å². The first-order chi connectivity index (χ1) is 12.2. The van der Waals surface area contributed by atoms with E-state index in [0.29, 0.717) is 0 Å². The summed E-state index contributed by atoms with van der Waals surface area (Å²) in [6, 6.07) is 13.5. The summed E-state index contributed by atoms with van der Waals surface area (Å²) in [5.74, 6) is 2.34. The van der Waals surface area contributed by atoms with E-state index in [1.54, 1.807) is 0 Å². The van der Waals surface area contributed by atoms with Crippen LogP contribution in [0.3, 0.4) is 0 Å². The van der Waals surface area contributed by atoms with Gasteiger partial charge in [-0.15, -0.1) is 0 Å². The van der Waals surface area contributed by atoms with Gasteiger partial charge in [-0.1, -0.05) is 111 Å². The lowest BCUT2D eigenvalue weighted by Gasteiger charge is -2.32. The van der Waals surface area contributed by atoms with Crippen molar-refractivity contribution in [3.8, 4) is 0 Å². The van der Waals surface area contributed by atoms with Crippen molar-refractivity contribution >= 4 is 35.2 Å². The predicted octanol–water partition coefficient (Wildman–Crippen LogP) is 7.76. The molecule has 0 atom stereocenters. The Morgan fingerprint density at radius 3 is 1.52 bits per heavy atom. The van der Waals surface area contributed by atoms with Crippen molar-refractivity contribution in [3.05, 3.63) is 63.1 Å². The minimum atomic E-state index is 0.108.